The molecule has 0 bridgehead atoms. The molecule has 100 valence electrons. The fourth-order valence-electron chi connectivity index (χ4n) is 2.18. The molecule has 0 radical (unpaired) electrons. The van der Waals surface area contributed by atoms with E-state index in [-0.39, 0.29) is 5.75 Å². The van der Waals surface area contributed by atoms with Crippen molar-refractivity contribution in [1.82, 2.24) is 10.2 Å². The predicted octanol–water partition coefficient (Wildman–Crippen LogP) is 2.48. The minimum atomic E-state index is -0.818. The van der Waals surface area contributed by atoms with Crippen LogP contribution in [0.1, 0.15) is 32.6 Å². The number of aromatic nitrogens is 2. The molecule has 1 aromatic rings. The Morgan fingerprint density at radius 2 is 2.39 bits per heavy atom. The molecule has 2 rings (SSSR count). The van der Waals surface area contributed by atoms with E-state index in [1.54, 1.807) is 0 Å². The summed E-state index contributed by atoms with van der Waals surface area (Å²) in [6.45, 7) is 3.24. The predicted molar refractivity (Wildman–Crippen MR) is 73.5 cm³/mol. The van der Waals surface area contributed by atoms with Crippen LogP contribution < -0.4 is 4.90 Å². The van der Waals surface area contributed by atoms with Gasteiger partial charge in [-0.15, -0.1) is 10.2 Å². The van der Waals surface area contributed by atoms with E-state index in [9.17, 15) is 4.79 Å². The molecule has 0 aliphatic carbocycles. The molecule has 1 aromatic heterocycles. The molecule has 0 aromatic carbocycles. The molecule has 1 fully saturated rings. The molecule has 7 heteroatoms. The lowest BCUT2D eigenvalue weighted by Gasteiger charge is -2.34. The maximum atomic E-state index is 10.5. The highest BCUT2D eigenvalue weighted by Crippen LogP contribution is 2.32. The summed E-state index contributed by atoms with van der Waals surface area (Å²) in [6.07, 6.45) is 4.83. The van der Waals surface area contributed by atoms with Crippen LogP contribution in [0.3, 0.4) is 0 Å². The highest BCUT2D eigenvalue weighted by molar-refractivity contribution is 8.01. The summed E-state index contributed by atoms with van der Waals surface area (Å²) in [5, 5.41) is 17.8. The normalized spacial score (nSPS) is 20.1. The molecule has 0 amide bonds. The van der Waals surface area contributed by atoms with Gasteiger partial charge in [-0.25, -0.2) is 0 Å². The number of thioether (sulfide) groups is 1. The Hall–Kier alpha value is -0.820. The molecule has 18 heavy (non-hydrogen) atoms. The van der Waals surface area contributed by atoms with Gasteiger partial charge in [-0.2, -0.15) is 0 Å². The zero-order chi connectivity index (χ0) is 13.0. The number of hydrogen-bond acceptors (Lipinski definition) is 6. The number of aliphatic carboxylic acids is 1. The summed E-state index contributed by atoms with van der Waals surface area (Å²) in [6, 6.07) is 0.559. The van der Waals surface area contributed by atoms with Crippen molar-refractivity contribution in [1.29, 1.82) is 0 Å². The third-order valence-corrected chi connectivity index (χ3v) is 5.14. The number of rotatable bonds is 5. The molecular weight excluding hydrogens is 270 g/mol. The molecule has 1 atom stereocenters. The van der Waals surface area contributed by atoms with Gasteiger partial charge >= 0.3 is 5.97 Å². The van der Waals surface area contributed by atoms with Crippen molar-refractivity contribution >= 4 is 34.2 Å². The topological polar surface area (TPSA) is 66.3 Å². The molecule has 1 aliphatic heterocycles. The molecule has 0 spiro atoms. The lowest BCUT2D eigenvalue weighted by molar-refractivity contribution is -0.133. The Labute approximate surface area is 115 Å². The van der Waals surface area contributed by atoms with E-state index in [1.165, 1.54) is 42.4 Å². The average Bonchev–Trinajstić information content (AvgIpc) is 2.85. The van der Waals surface area contributed by atoms with Gasteiger partial charge in [-0.05, 0) is 25.7 Å². The van der Waals surface area contributed by atoms with Gasteiger partial charge in [0.05, 0.1) is 5.75 Å². The van der Waals surface area contributed by atoms with Crippen LogP contribution in [-0.2, 0) is 4.79 Å². The highest BCUT2D eigenvalue weighted by atomic mass is 32.2. The van der Waals surface area contributed by atoms with Crippen molar-refractivity contribution < 1.29 is 9.90 Å². The van der Waals surface area contributed by atoms with Gasteiger partial charge < -0.3 is 10.0 Å². The first-order valence-electron chi connectivity index (χ1n) is 6.15. The molecule has 1 saturated heterocycles. The number of carbonyl (C=O) groups is 1. The quantitative estimate of drug-likeness (QED) is 0.839. The minimum Gasteiger partial charge on any atom is -0.481 e. The summed E-state index contributed by atoms with van der Waals surface area (Å²) in [7, 11) is 0. The number of carboxylic acids is 1. The van der Waals surface area contributed by atoms with Crippen LogP contribution in [-0.4, -0.2) is 39.6 Å². The van der Waals surface area contributed by atoms with Crippen LogP contribution in [0, 0.1) is 0 Å². The third-order valence-electron chi connectivity index (χ3n) is 3.06. The van der Waals surface area contributed by atoms with Gasteiger partial charge in [0.1, 0.15) is 0 Å². The largest absolute Gasteiger partial charge is 0.481 e. The van der Waals surface area contributed by atoms with Crippen LogP contribution >= 0.6 is 23.1 Å². The van der Waals surface area contributed by atoms with E-state index in [1.807, 2.05) is 0 Å². The van der Waals surface area contributed by atoms with Gasteiger partial charge in [0.25, 0.3) is 0 Å². The maximum Gasteiger partial charge on any atom is 0.313 e. The second-order valence-corrected chi connectivity index (χ2v) is 6.46. The number of anilines is 1. The van der Waals surface area contributed by atoms with Gasteiger partial charge in [0, 0.05) is 12.6 Å². The van der Waals surface area contributed by atoms with Crippen molar-refractivity contribution in [3.63, 3.8) is 0 Å². The second-order valence-electron chi connectivity index (χ2n) is 4.28. The Morgan fingerprint density at radius 1 is 1.56 bits per heavy atom. The average molecular weight is 287 g/mol. The Bertz CT molecular complexity index is 411. The van der Waals surface area contributed by atoms with Crippen molar-refractivity contribution in [3.8, 4) is 0 Å². The number of hydrogen-bond donors (Lipinski definition) is 1. The lowest BCUT2D eigenvalue weighted by atomic mass is 10.0. The van der Waals surface area contributed by atoms with Crippen molar-refractivity contribution in [2.24, 2.45) is 0 Å². The first-order chi connectivity index (χ1) is 8.70. The molecular formula is C11H17N3O2S2. The van der Waals surface area contributed by atoms with Crippen molar-refractivity contribution in [3.05, 3.63) is 0 Å². The summed E-state index contributed by atoms with van der Waals surface area (Å²) in [5.74, 6) is -0.771. The molecule has 0 saturated carbocycles. The van der Waals surface area contributed by atoms with E-state index in [2.05, 4.69) is 22.0 Å². The molecule has 2 heterocycles. The highest BCUT2D eigenvalue weighted by Gasteiger charge is 2.24. The van der Waals surface area contributed by atoms with E-state index in [0.29, 0.717) is 6.04 Å². The number of carboxylic acid groups (broad SMARTS) is 1. The van der Waals surface area contributed by atoms with Crippen LogP contribution in [0.15, 0.2) is 4.34 Å². The third kappa shape index (κ3) is 3.35. The smallest absolute Gasteiger partial charge is 0.313 e. The molecule has 5 nitrogen and oxygen atoms in total. The Kier molecular flexibility index (Phi) is 4.82. The van der Waals surface area contributed by atoms with Gasteiger partial charge in [0.2, 0.25) is 5.13 Å². The van der Waals surface area contributed by atoms with Crippen LogP contribution in [0.25, 0.3) is 0 Å². The Morgan fingerprint density at radius 3 is 3.11 bits per heavy atom. The summed E-state index contributed by atoms with van der Waals surface area (Å²) in [4.78, 5) is 12.8. The van der Waals surface area contributed by atoms with E-state index < -0.39 is 5.97 Å². The number of piperidine rings is 1. The lowest BCUT2D eigenvalue weighted by Crippen LogP contribution is -2.39. The molecule has 1 unspecified atom stereocenters. The summed E-state index contributed by atoms with van der Waals surface area (Å²) >= 11 is 2.74. The fourth-order valence-corrected chi connectivity index (χ4v) is 3.84. The van der Waals surface area contributed by atoms with E-state index in [4.69, 9.17) is 5.11 Å². The van der Waals surface area contributed by atoms with E-state index >= 15 is 0 Å². The molecule has 1 aliphatic rings. The van der Waals surface area contributed by atoms with Gasteiger partial charge in [-0.3, -0.25) is 4.79 Å². The zero-order valence-electron chi connectivity index (χ0n) is 10.3. The monoisotopic (exact) mass is 287 g/mol. The van der Waals surface area contributed by atoms with Crippen LogP contribution in [0.2, 0.25) is 0 Å². The van der Waals surface area contributed by atoms with Gasteiger partial charge in [0.15, 0.2) is 4.34 Å². The Balaban J connectivity index is 2.01. The zero-order valence-corrected chi connectivity index (χ0v) is 12.0. The minimum absolute atomic E-state index is 0.0475. The first kappa shape index (κ1) is 13.6. The first-order valence-corrected chi connectivity index (χ1v) is 7.95. The second kappa shape index (κ2) is 6.38. The van der Waals surface area contributed by atoms with Crippen molar-refractivity contribution in [2.75, 3.05) is 17.2 Å². The van der Waals surface area contributed by atoms with E-state index in [0.717, 1.165) is 22.4 Å². The maximum absolute atomic E-state index is 10.5. The standard InChI is InChI=1S/C11H17N3O2S2/c1-2-8-5-3-4-6-14(8)10-12-13-11(18-10)17-7-9(15)16/h8H,2-7H2,1H3,(H,15,16). The van der Waals surface area contributed by atoms with Crippen molar-refractivity contribution in [2.45, 2.75) is 43.0 Å². The summed E-state index contributed by atoms with van der Waals surface area (Å²) < 4.78 is 0.743. The fraction of sp³-hybridized carbons (Fsp3) is 0.727. The molecule has 1 N–H and O–H groups in total. The SMILES string of the molecule is CCC1CCCCN1c1nnc(SCC(=O)O)s1. The summed E-state index contributed by atoms with van der Waals surface area (Å²) in [5.41, 5.74) is 0. The number of nitrogens with zero attached hydrogens (tertiary/aromatic N) is 3. The van der Waals surface area contributed by atoms with Gasteiger partial charge in [-0.1, -0.05) is 30.0 Å². The van der Waals surface area contributed by atoms with Crippen LogP contribution in [0.5, 0.6) is 0 Å². The van der Waals surface area contributed by atoms with Crippen LogP contribution in [0.4, 0.5) is 5.13 Å².